The number of nitrogens with one attached hydrogen (secondary N) is 1. The minimum atomic E-state index is -1.01. The van der Waals surface area contributed by atoms with Crippen LogP contribution in [0.25, 0.3) is 0 Å². The van der Waals surface area contributed by atoms with Gasteiger partial charge in [0.25, 0.3) is 0 Å². The van der Waals surface area contributed by atoms with Crippen molar-refractivity contribution in [2.75, 3.05) is 30.7 Å². The number of carboxylic acid groups (broad SMARTS) is 1. The fraction of sp³-hybridized carbons (Fsp3) is 0.538. The number of aromatic nitrogens is 1. The molecule has 2 heterocycles. The van der Waals surface area contributed by atoms with Gasteiger partial charge in [-0.05, 0) is 32.0 Å². The van der Waals surface area contributed by atoms with E-state index in [1.807, 2.05) is 0 Å². The van der Waals surface area contributed by atoms with Gasteiger partial charge in [-0.2, -0.15) is 0 Å². The van der Waals surface area contributed by atoms with Gasteiger partial charge in [-0.3, -0.25) is 0 Å². The van der Waals surface area contributed by atoms with Crippen LogP contribution < -0.4 is 11.1 Å². The summed E-state index contributed by atoms with van der Waals surface area (Å²) in [5.74, 6) is -0.602. The van der Waals surface area contributed by atoms with Gasteiger partial charge in [-0.1, -0.05) is 6.92 Å². The maximum absolute atomic E-state index is 11.2. The average molecular weight is 264 g/mol. The van der Waals surface area contributed by atoms with E-state index >= 15 is 0 Å². The summed E-state index contributed by atoms with van der Waals surface area (Å²) in [5.41, 5.74) is 6.08. The quantitative estimate of drug-likeness (QED) is 0.758. The van der Waals surface area contributed by atoms with E-state index in [2.05, 4.69) is 22.1 Å². The van der Waals surface area contributed by atoms with Crippen LogP contribution in [0, 0.1) is 0 Å². The second kappa shape index (κ2) is 5.88. The summed E-state index contributed by atoms with van der Waals surface area (Å²) in [7, 11) is 0. The van der Waals surface area contributed by atoms with Crippen LogP contribution in [0.1, 0.15) is 30.1 Å². The van der Waals surface area contributed by atoms with Crippen molar-refractivity contribution in [3.8, 4) is 0 Å². The van der Waals surface area contributed by atoms with Gasteiger partial charge in [0.15, 0.2) is 0 Å². The van der Waals surface area contributed by atoms with Crippen molar-refractivity contribution in [1.29, 1.82) is 0 Å². The molecule has 1 fully saturated rings. The number of nitrogens with zero attached hydrogens (tertiary/aromatic N) is 2. The third kappa shape index (κ3) is 3.35. The molecule has 1 aliphatic rings. The van der Waals surface area contributed by atoms with E-state index in [4.69, 9.17) is 5.73 Å². The third-order valence-corrected chi connectivity index (χ3v) is 3.43. The van der Waals surface area contributed by atoms with Crippen LogP contribution in [0.2, 0.25) is 0 Å². The molecule has 6 nitrogen and oxygen atoms in total. The molecule has 4 N–H and O–H groups in total. The molecule has 0 aromatic carbocycles. The van der Waals surface area contributed by atoms with E-state index in [0.29, 0.717) is 11.5 Å². The van der Waals surface area contributed by atoms with Crippen molar-refractivity contribution in [3.63, 3.8) is 0 Å². The number of likely N-dealkylation sites (N-methyl/N-ethyl adjacent to an activating group) is 1. The maximum atomic E-state index is 11.2. The number of carboxylic acids is 1. The third-order valence-electron chi connectivity index (χ3n) is 3.43. The molecule has 0 radical (unpaired) electrons. The van der Waals surface area contributed by atoms with E-state index in [1.54, 1.807) is 0 Å². The fourth-order valence-electron chi connectivity index (χ4n) is 2.41. The number of rotatable bonds is 4. The van der Waals surface area contributed by atoms with Gasteiger partial charge in [-0.15, -0.1) is 0 Å². The average Bonchev–Trinajstić information content (AvgIpc) is 2.41. The molecule has 1 atom stereocenters. The normalized spacial score (nSPS) is 20.2. The molecule has 0 spiro atoms. The Morgan fingerprint density at radius 3 is 3.16 bits per heavy atom. The van der Waals surface area contributed by atoms with Gasteiger partial charge in [0, 0.05) is 12.6 Å². The number of anilines is 2. The smallest absolute Gasteiger partial charge is 0.339 e. The highest BCUT2D eigenvalue weighted by Gasteiger charge is 2.21. The minimum absolute atomic E-state index is 0.133. The van der Waals surface area contributed by atoms with E-state index in [0.717, 1.165) is 32.5 Å². The lowest BCUT2D eigenvalue weighted by Gasteiger charge is -2.32. The summed E-state index contributed by atoms with van der Waals surface area (Å²) >= 11 is 0. The highest BCUT2D eigenvalue weighted by atomic mass is 16.4. The molecular formula is C13H20N4O2. The number of carbonyl (C=O) groups is 1. The molecule has 6 heteroatoms. The summed E-state index contributed by atoms with van der Waals surface area (Å²) in [5, 5.41) is 12.4. The maximum Gasteiger partial charge on any atom is 0.339 e. The molecule has 1 aromatic rings. The highest BCUT2D eigenvalue weighted by Crippen LogP contribution is 2.19. The van der Waals surface area contributed by atoms with E-state index in [1.165, 1.54) is 12.3 Å². The topological polar surface area (TPSA) is 91.5 Å². The van der Waals surface area contributed by atoms with Gasteiger partial charge >= 0.3 is 5.97 Å². The first-order valence-electron chi connectivity index (χ1n) is 6.58. The number of piperidine rings is 1. The van der Waals surface area contributed by atoms with Gasteiger partial charge in [-0.25, -0.2) is 9.78 Å². The number of hydrogen-bond acceptors (Lipinski definition) is 5. The first-order valence-corrected chi connectivity index (χ1v) is 6.58. The Hall–Kier alpha value is -1.82. The Morgan fingerprint density at radius 2 is 2.47 bits per heavy atom. The van der Waals surface area contributed by atoms with Gasteiger partial charge in [0.2, 0.25) is 0 Å². The first-order chi connectivity index (χ1) is 9.10. The number of pyridine rings is 1. The van der Waals surface area contributed by atoms with Gasteiger partial charge < -0.3 is 21.1 Å². The Balaban J connectivity index is 2.12. The summed E-state index contributed by atoms with van der Waals surface area (Å²) in [4.78, 5) is 17.6. The fourth-order valence-corrected chi connectivity index (χ4v) is 2.41. The van der Waals surface area contributed by atoms with Crippen molar-refractivity contribution in [2.24, 2.45) is 0 Å². The van der Waals surface area contributed by atoms with Crippen molar-refractivity contribution in [1.82, 2.24) is 9.88 Å². The molecular weight excluding hydrogens is 244 g/mol. The van der Waals surface area contributed by atoms with E-state index in [-0.39, 0.29) is 11.6 Å². The summed E-state index contributed by atoms with van der Waals surface area (Å²) < 4.78 is 0. The molecule has 0 bridgehead atoms. The van der Waals surface area contributed by atoms with Gasteiger partial charge in [0.05, 0.1) is 11.9 Å². The lowest BCUT2D eigenvalue weighted by Crippen LogP contribution is -2.42. The van der Waals surface area contributed by atoms with Crippen molar-refractivity contribution in [2.45, 2.75) is 25.8 Å². The molecule has 1 aliphatic heterocycles. The number of likely N-dealkylation sites (tertiary alicyclic amines) is 1. The molecule has 0 saturated carbocycles. The zero-order valence-corrected chi connectivity index (χ0v) is 11.1. The van der Waals surface area contributed by atoms with Crippen LogP contribution in [0.5, 0.6) is 0 Å². The van der Waals surface area contributed by atoms with Gasteiger partial charge in [0.1, 0.15) is 11.4 Å². The van der Waals surface area contributed by atoms with Crippen LogP contribution in [0.15, 0.2) is 12.3 Å². The number of aromatic carboxylic acids is 1. The highest BCUT2D eigenvalue weighted by molar-refractivity contribution is 5.94. The van der Waals surface area contributed by atoms with Crippen molar-refractivity contribution < 1.29 is 9.90 Å². The number of hydrogen-bond donors (Lipinski definition) is 3. The zero-order valence-electron chi connectivity index (χ0n) is 11.1. The zero-order chi connectivity index (χ0) is 13.8. The standard InChI is InChI=1S/C13H20N4O2/c1-2-17-5-3-4-10(8-17)16-12-11(13(18)19)6-9(14)7-15-12/h6-7,10H,2-5,8,14H2,1H3,(H,15,16)(H,18,19). The largest absolute Gasteiger partial charge is 0.478 e. The van der Waals surface area contributed by atoms with E-state index in [9.17, 15) is 9.90 Å². The molecule has 2 rings (SSSR count). The Bertz CT molecular complexity index is 464. The Morgan fingerprint density at radius 1 is 1.68 bits per heavy atom. The van der Waals surface area contributed by atoms with Crippen LogP contribution in [0.3, 0.4) is 0 Å². The summed E-state index contributed by atoms with van der Waals surface area (Å²) in [6.45, 7) is 5.17. The number of nitrogen functional groups attached to an aromatic ring is 1. The molecule has 0 amide bonds. The molecule has 1 saturated heterocycles. The molecule has 1 aromatic heterocycles. The Kier molecular flexibility index (Phi) is 4.21. The second-order valence-corrected chi connectivity index (χ2v) is 4.85. The SMILES string of the molecule is CCN1CCCC(Nc2ncc(N)cc2C(=O)O)C1. The lowest BCUT2D eigenvalue weighted by molar-refractivity contribution is 0.0697. The molecule has 1 unspecified atom stereocenters. The number of nitrogens with two attached hydrogens (primary N) is 1. The monoisotopic (exact) mass is 264 g/mol. The Labute approximate surface area is 112 Å². The summed E-state index contributed by atoms with van der Waals surface area (Å²) in [6.07, 6.45) is 3.62. The van der Waals surface area contributed by atoms with Crippen molar-refractivity contribution >= 4 is 17.5 Å². The van der Waals surface area contributed by atoms with Crippen LogP contribution in [0.4, 0.5) is 11.5 Å². The second-order valence-electron chi connectivity index (χ2n) is 4.85. The predicted molar refractivity (Wildman–Crippen MR) is 74.4 cm³/mol. The summed E-state index contributed by atoms with van der Waals surface area (Å²) in [6, 6.07) is 1.68. The van der Waals surface area contributed by atoms with E-state index < -0.39 is 5.97 Å². The van der Waals surface area contributed by atoms with Crippen LogP contribution in [-0.4, -0.2) is 46.6 Å². The molecule has 19 heavy (non-hydrogen) atoms. The minimum Gasteiger partial charge on any atom is -0.478 e. The predicted octanol–water partition coefficient (Wildman–Crippen LogP) is 1.26. The van der Waals surface area contributed by atoms with Crippen LogP contribution in [-0.2, 0) is 0 Å². The lowest BCUT2D eigenvalue weighted by atomic mass is 10.1. The molecule has 104 valence electrons. The van der Waals surface area contributed by atoms with Crippen LogP contribution >= 0.6 is 0 Å². The first kappa shape index (κ1) is 13.6. The van der Waals surface area contributed by atoms with Crippen molar-refractivity contribution in [3.05, 3.63) is 17.8 Å². The molecule has 0 aliphatic carbocycles.